The lowest BCUT2D eigenvalue weighted by molar-refractivity contribution is -0.107. The largest absolute Gasteiger partial charge is 0.497 e. The van der Waals surface area contributed by atoms with E-state index in [0.29, 0.717) is 6.42 Å². The van der Waals surface area contributed by atoms with Gasteiger partial charge in [-0.15, -0.1) is 0 Å². The Labute approximate surface area is 101 Å². The second kappa shape index (κ2) is 5.30. The third-order valence-electron chi connectivity index (χ3n) is 2.61. The molecule has 0 saturated carbocycles. The summed E-state index contributed by atoms with van der Waals surface area (Å²) in [6.45, 7) is 0. The van der Waals surface area contributed by atoms with E-state index in [4.69, 9.17) is 4.74 Å². The van der Waals surface area contributed by atoms with Gasteiger partial charge >= 0.3 is 0 Å². The van der Waals surface area contributed by atoms with Crippen molar-refractivity contribution in [3.05, 3.63) is 48.0 Å². The van der Waals surface area contributed by atoms with Crippen LogP contribution >= 0.6 is 0 Å². The van der Waals surface area contributed by atoms with Gasteiger partial charge in [-0.05, 0) is 34.5 Å². The maximum Gasteiger partial charge on any atom is 0.123 e. The predicted molar refractivity (Wildman–Crippen MR) is 70.2 cm³/mol. The summed E-state index contributed by atoms with van der Waals surface area (Å²) in [6, 6.07) is 12.2. The van der Waals surface area contributed by atoms with Crippen LogP contribution in [0.1, 0.15) is 12.0 Å². The van der Waals surface area contributed by atoms with Gasteiger partial charge in [0, 0.05) is 6.42 Å². The van der Waals surface area contributed by atoms with Crippen LogP contribution in [0.2, 0.25) is 0 Å². The second-order valence-corrected chi connectivity index (χ2v) is 3.78. The van der Waals surface area contributed by atoms with Gasteiger partial charge in [-0.3, -0.25) is 0 Å². The Hall–Kier alpha value is -2.09. The quantitative estimate of drug-likeness (QED) is 0.746. The molecule has 17 heavy (non-hydrogen) atoms. The molecule has 2 rings (SSSR count). The van der Waals surface area contributed by atoms with Crippen LogP contribution in [0.25, 0.3) is 16.8 Å². The van der Waals surface area contributed by atoms with E-state index in [1.165, 1.54) is 5.39 Å². The van der Waals surface area contributed by atoms with E-state index >= 15 is 0 Å². The molecule has 0 saturated heterocycles. The third-order valence-corrected chi connectivity index (χ3v) is 2.61. The van der Waals surface area contributed by atoms with Crippen LogP contribution < -0.4 is 4.74 Å². The van der Waals surface area contributed by atoms with E-state index in [0.717, 1.165) is 23.0 Å². The number of rotatable bonds is 4. The molecule has 86 valence electrons. The highest BCUT2D eigenvalue weighted by Gasteiger charge is 1.96. The topological polar surface area (TPSA) is 26.3 Å². The molecule has 0 aliphatic heterocycles. The van der Waals surface area contributed by atoms with Crippen LogP contribution in [0.3, 0.4) is 0 Å². The first kappa shape index (κ1) is 11.4. The average Bonchev–Trinajstić information content (AvgIpc) is 2.38. The maximum atomic E-state index is 10.2. The Balaban J connectivity index is 2.34. The Morgan fingerprint density at radius 3 is 2.65 bits per heavy atom. The molecule has 0 aliphatic rings. The number of carbonyl (C=O) groups excluding carboxylic acids is 1. The normalized spacial score (nSPS) is 10.9. The van der Waals surface area contributed by atoms with Crippen LogP contribution in [0.5, 0.6) is 5.75 Å². The van der Waals surface area contributed by atoms with Crippen molar-refractivity contribution in [2.24, 2.45) is 0 Å². The van der Waals surface area contributed by atoms with Gasteiger partial charge in [-0.2, -0.15) is 0 Å². The fraction of sp³-hybridized carbons (Fsp3) is 0.133. The van der Waals surface area contributed by atoms with Crippen LogP contribution in [0, 0.1) is 0 Å². The molecule has 0 bridgehead atoms. The lowest BCUT2D eigenvalue weighted by Crippen LogP contribution is -1.82. The first-order valence-corrected chi connectivity index (χ1v) is 5.51. The molecular formula is C15H14O2. The first-order valence-electron chi connectivity index (χ1n) is 5.51. The first-order chi connectivity index (χ1) is 8.33. The van der Waals surface area contributed by atoms with Crippen molar-refractivity contribution in [1.82, 2.24) is 0 Å². The number of ether oxygens (including phenoxy) is 1. The zero-order valence-corrected chi connectivity index (χ0v) is 9.72. The lowest BCUT2D eigenvalue weighted by Gasteiger charge is -2.03. The molecule has 2 aromatic rings. The number of allylic oxidation sites excluding steroid dienone is 1. The van der Waals surface area contributed by atoms with E-state index < -0.39 is 0 Å². The highest BCUT2D eigenvalue weighted by atomic mass is 16.5. The molecule has 0 radical (unpaired) electrons. The molecular weight excluding hydrogens is 212 g/mol. The van der Waals surface area contributed by atoms with Crippen LogP contribution in [0.15, 0.2) is 42.5 Å². The molecule has 0 N–H and O–H groups in total. The molecule has 2 heteroatoms. The smallest absolute Gasteiger partial charge is 0.123 e. The van der Waals surface area contributed by atoms with Crippen molar-refractivity contribution in [3.8, 4) is 5.75 Å². The highest BCUT2D eigenvalue weighted by Crippen LogP contribution is 2.22. The minimum atomic E-state index is 0.459. The summed E-state index contributed by atoms with van der Waals surface area (Å²) in [4.78, 5) is 10.2. The van der Waals surface area contributed by atoms with Crippen molar-refractivity contribution in [3.63, 3.8) is 0 Å². The molecule has 0 heterocycles. The molecule has 0 unspecified atom stereocenters. The maximum absolute atomic E-state index is 10.2. The van der Waals surface area contributed by atoms with Gasteiger partial charge in [0.25, 0.3) is 0 Å². The summed E-state index contributed by atoms with van der Waals surface area (Å²) in [5.74, 6) is 0.863. The number of methoxy groups -OCH3 is 1. The van der Waals surface area contributed by atoms with Gasteiger partial charge in [0.05, 0.1) is 7.11 Å². The zero-order chi connectivity index (χ0) is 12.1. The Bertz CT molecular complexity index is 556. The fourth-order valence-corrected chi connectivity index (χ4v) is 1.73. The fourth-order valence-electron chi connectivity index (χ4n) is 1.73. The minimum absolute atomic E-state index is 0.459. The van der Waals surface area contributed by atoms with Crippen LogP contribution in [-0.2, 0) is 4.79 Å². The second-order valence-electron chi connectivity index (χ2n) is 3.78. The summed E-state index contributed by atoms with van der Waals surface area (Å²) in [7, 11) is 1.66. The van der Waals surface area contributed by atoms with Gasteiger partial charge in [0.1, 0.15) is 12.0 Å². The van der Waals surface area contributed by atoms with Gasteiger partial charge in [-0.1, -0.05) is 30.4 Å². The van der Waals surface area contributed by atoms with E-state index in [1.807, 2.05) is 36.4 Å². The molecule has 0 aromatic heterocycles. The van der Waals surface area contributed by atoms with E-state index in [1.54, 1.807) is 7.11 Å². The molecule has 0 aliphatic carbocycles. The summed E-state index contributed by atoms with van der Waals surface area (Å²) in [5, 5.41) is 2.32. The Kier molecular flexibility index (Phi) is 3.55. The Morgan fingerprint density at radius 2 is 1.88 bits per heavy atom. The standard InChI is InChI=1S/C15H14O2/c1-17-15-8-7-13-10-12(4-2-3-9-16)5-6-14(13)11-15/h2,4-11H,3H2,1H3. The number of benzene rings is 2. The van der Waals surface area contributed by atoms with E-state index in [2.05, 4.69) is 12.1 Å². The summed E-state index contributed by atoms with van der Waals surface area (Å²) in [6.07, 6.45) is 5.17. The molecule has 2 nitrogen and oxygen atoms in total. The Morgan fingerprint density at radius 1 is 1.12 bits per heavy atom. The van der Waals surface area contributed by atoms with Gasteiger partial charge in [-0.25, -0.2) is 0 Å². The number of hydrogen-bond acceptors (Lipinski definition) is 2. The molecule has 0 fully saturated rings. The average molecular weight is 226 g/mol. The number of fused-ring (bicyclic) bond motifs is 1. The SMILES string of the molecule is COc1ccc2cc(C=CCC=O)ccc2c1. The molecule has 0 spiro atoms. The van der Waals surface area contributed by atoms with Crippen molar-refractivity contribution < 1.29 is 9.53 Å². The van der Waals surface area contributed by atoms with Crippen LogP contribution in [-0.4, -0.2) is 13.4 Å². The van der Waals surface area contributed by atoms with E-state index in [9.17, 15) is 4.79 Å². The predicted octanol–water partition coefficient (Wildman–Crippen LogP) is 3.45. The zero-order valence-electron chi connectivity index (χ0n) is 9.72. The highest BCUT2D eigenvalue weighted by molar-refractivity contribution is 5.86. The summed E-state index contributed by atoms with van der Waals surface area (Å²) in [5.41, 5.74) is 1.10. The summed E-state index contributed by atoms with van der Waals surface area (Å²) < 4.78 is 5.18. The van der Waals surface area contributed by atoms with Crippen molar-refractivity contribution >= 4 is 23.1 Å². The van der Waals surface area contributed by atoms with Crippen molar-refractivity contribution in [1.29, 1.82) is 0 Å². The number of aldehydes is 1. The van der Waals surface area contributed by atoms with Gasteiger partial charge < -0.3 is 9.53 Å². The van der Waals surface area contributed by atoms with Crippen molar-refractivity contribution in [2.75, 3.05) is 7.11 Å². The summed E-state index contributed by atoms with van der Waals surface area (Å²) >= 11 is 0. The monoisotopic (exact) mass is 226 g/mol. The molecule has 2 aromatic carbocycles. The lowest BCUT2D eigenvalue weighted by atomic mass is 10.1. The molecule has 0 atom stereocenters. The molecule has 0 amide bonds. The van der Waals surface area contributed by atoms with Gasteiger partial charge in [0.2, 0.25) is 0 Å². The number of hydrogen-bond donors (Lipinski definition) is 0. The minimum Gasteiger partial charge on any atom is -0.497 e. The van der Waals surface area contributed by atoms with Crippen molar-refractivity contribution in [2.45, 2.75) is 6.42 Å². The van der Waals surface area contributed by atoms with Gasteiger partial charge in [0.15, 0.2) is 0 Å². The number of carbonyl (C=O) groups is 1. The van der Waals surface area contributed by atoms with Crippen LogP contribution in [0.4, 0.5) is 0 Å². The van der Waals surface area contributed by atoms with E-state index in [-0.39, 0.29) is 0 Å². The third kappa shape index (κ3) is 2.72.